The molecule has 22 heavy (non-hydrogen) atoms. The highest BCUT2D eigenvalue weighted by molar-refractivity contribution is 8.00. The van der Waals surface area contributed by atoms with E-state index in [0.717, 1.165) is 48.4 Å². The predicted molar refractivity (Wildman–Crippen MR) is 92.3 cm³/mol. The molecule has 2 fully saturated rings. The average Bonchev–Trinajstić information content (AvgIpc) is 3.18. The molecule has 2 aromatic heterocycles. The summed E-state index contributed by atoms with van der Waals surface area (Å²) in [4.78, 5) is 9.53. The summed E-state index contributed by atoms with van der Waals surface area (Å²) in [5, 5.41) is 4.21. The van der Waals surface area contributed by atoms with Crippen LogP contribution in [-0.4, -0.2) is 38.6 Å². The van der Waals surface area contributed by atoms with Gasteiger partial charge < -0.3 is 9.88 Å². The Bertz CT molecular complexity index is 627. The van der Waals surface area contributed by atoms with E-state index >= 15 is 0 Å². The van der Waals surface area contributed by atoms with Crippen LogP contribution >= 0.6 is 11.8 Å². The minimum absolute atomic E-state index is 0.753. The molecule has 0 aliphatic carbocycles. The van der Waals surface area contributed by atoms with Gasteiger partial charge in [-0.05, 0) is 62.6 Å². The molecule has 2 aromatic rings. The van der Waals surface area contributed by atoms with E-state index in [2.05, 4.69) is 32.7 Å². The first-order valence-electron chi connectivity index (χ1n) is 8.52. The summed E-state index contributed by atoms with van der Waals surface area (Å²) in [5.41, 5.74) is 2.15. The van der Waals surface area contributed by atoms with Crippen molar-refractivity contribution in [1.29, 1.82) is 0 Å². The van der Waals surface area contributed by atoms with Crippen LogP contribution in [0.2, 0.25) is 0 Å². The number of piperidine rings is 1. The van der Waals surface area contributed by atoms with Gasteiger partial charge in [-0.1, -0.05) is 0 Å². The highest BCUT2D eigenvalue weighted by Gasteiger charge is 2.22. The lowest BCUT2D eigenvalue weighted by Crippen LogP contribution is -2.30. The zero-order valence-corrected chi connectivity index (χ0v) is 13.8. The van der Waals surface area contributed by atoms with E-state index in [0.29, 0.717) is 0 Å². The van der Waals surface area contributed by atoms with Crippen LogP contribution in [0, 0.1) is 5.92 Å². The van der Waals surface area contributed by atoms with Crippen molar-refractivity contribution in [2.45, 2.75) is 43.9 Å². The van der Waals surface area contributed by atoms with E-state index in [1.54, 1.807) is 0 Å². The number of fused-ring (bicyclic) bond motifs is 1. The van der Waals surface area contributed by atoms with Crippen LogP contribution in [0.1, 0.15) is 31.5 Å². The Kier molecular flexibility index (Phi) is 4.35. The van der Waals surface area contributed by atoms with Crippen LogP contribution < -0.4 is 5.32 Å². The number of thioether (sulfide) groups is 1. The van der Waals surface area contributed by atoms with E-state index in [1.807, 2.05) is 12.3 Å². The molecule has 0 bridgehead atoms. The van der Waals surface area contributed by atoms with Gasteiger partial charge in [0.15, 0.2) is 5.65 Å². The number of aromatic nitrogens is 3. The van der Waals surface area contributed by atoms with Crippen molar-refractivity contribution in [1.82, 2.24) is 19.9 Å². The molecule has 1 atom stereocenters. The maximum atomic E-state index is 4.91. The topological polar surface area (TPSA) is 42.7 Å². The fourth-order valence-corrected chi connectivity index (χ4v) is 4.95. The molecule has 0 spiro atoms. The molecule has 2 saturated heterocycles. The molecule has 4 rings (SSSR count). The number of hydrogen-bond acceptors (Lipinski definition) is 4. The van der Waals surface area contributed by atoms with Crippen molar-refractivity contribution in [3.63, 3.8) is 0 Å². The SMILES string of the molecule is c1cnc2c(c1)nc(CC1CCCS1)n2CC1CCNCC1. The molecular formula is C17H24N4S. The second-order valence-corrected chi connectivity index (χ2v) is 7.93. The third kappa shape index (κ3) is 3.01. The molecular weight excluding hydrogens is 292 g/mol. The minimum atomic E-state index is 0.753. The van der Waals surface area contributed by atoms with Gasteiger partial charge in [-0.3, -0.25) is 0 Å². The first kappa shape index (κ1) is 14.5. The summed E-state index contributed by atoms with van der Waals surface area (Å²) in [6.45, 7) is 3.39. The maximum absolute atomic E-state index is 4.91. The van der Waals surface area contributed by atoms with Crippen LogP contribution in [0.15, 0.2) is 18.3 Å². The Morgan fingerprint density at radius 2 is 2.18 bits per heavy atom. The highest BCUT2D eigenvalue weighted by Crippen LogP contribution is 2.30. The summed E-state index contributed by atoms with van der Waals surface area (Å²) < 4.78 is 2.42. The number of rotatable bonds is 4. The largest absolute Gasteiger partial charge is 0.317 e. The Morgan fingerprint density at radius 1 is 1.27 bits per heavy atom. The lowest BCUT2D eigenvalue weighted by atomic mass is 9.98. The fraction of sp³-hybridized carbons (Fsp3) is 0.647. The van der Waals surface area contributed by atoms with Gasteiger partial charge in [0.1, 0.15) is 11.3 Å². The molecule has 4 heterocycles. The fourth-order valence-electron chi connectivity index (χ4n) is 3.68. The number of nitrogens with zero attached hydrogens (tertiary/aromatic N) is 3. The van der Waals surface area contributed by atoms with Gasteiger partial charge in [-0.15, -0.1) is 0 Å². The third-order valence-corrected chi connectivity index (χ3v) is 6.31. The minimum Gasteiger partial charge on any atom is -0.317 e. The third-order valence-electron chi connectivity index (χ3n) is 4.92. The van der Waals surface area contributed by atoms with E-state index in [-0.39, 0.29) is 0 Å². The average molecular weight is 316 g/mol. The molecule has 2 aliphatic rings. The Hall–Kier alpha value is -1.07. The van der Waals surface area contributed by atoms with Gasteiger partial charge in [0, 0.05) is 24.4 Å². The summed E-state index contributed by atoms with van der Waals surface area (Å²) in [6, 6.07) is 4.10. The van der Waals surface area contributed by atoms with E-state index in [4.69, 9.17) is 4.98 Å². The number of nitrogens with one attached hydrogen (secondary N) is 1. The van der Waals surface area contributed by atoms with Crippen molar-refractivity contribution in [3.8, 4) is 0 Å². The number of pyridine rings is 1. The van der Waals surface area contributed by atoms with Crippen molar-refractivity contribution in [2.75, 3.05) is 18.8 Å². The molecule has 4 nitrogen and oxygen atoms in total. The second-order valence-electron chi connectivity index (χ2n) is 6.52. The van der Waals surface area contributed by atoms with E-state index < -0.39 is 0 Å². The zero-order chi connectivity index (χ0) is 14.8. The molecule has 0 radical (unpaired) electrons. The Labute approximate surface area is 136 Å². The van der Waals surface area contributed by atoms with Crippen LogP contribution in [0.3, 0.4) is 0 Å². The first-order chi connectivity index (χ1) is 10.9. The zero-order valence-electron chi connectivity index (χ0n) is 13.0. The van der Waals surface area contributed by atoms with Gasteiger partial charge in [0.05, 0.1) is 0 Å². The normalized spacial score (nSPS) is 23.4. The predicted octanol–water partition coefficient (Wildman–Crippen LogP) is 2.87. The number of imidazole rings is 1. The smallest absolute Gasteiger partial charge is 0.159 e. The van der Waals surface area contributed by atoms with Crippen molar-refractivity contribution in [2.24, 2.45) is 5.92 Å². The quantitative estimate of drug-likeness (QED) is 0.942. The van der Waals surface area contributed by atoms with Gasteiger partial charge >= 0.3 is 0 Å². The summed E-state index contributed by atoms with van der Waals surface area (Å²) in [6.07, 6.45) is 8.24. The van der Waals surface area contributed by atoms with Crippen LogP contribution in [0.5, 0.6) is 0 Å². The molecule has 0 amide bonds. The van der Waals surface area contributed by atoms with Gasteiger partial charge in [0.25, 0.3) is 0 Å². The lowest BCUT2D eigenvalue weighted by Gasteiger charge is -2.24. The lowest BCUT2D eigenvalue weighted by molar-refractivity contribution is 0.332. The standard InChI is InChI=1S/C17H24N4S/c1-4-15-17(19-7-1)21(12-13-5-8-18-9-6-13)16(20-15)11-14-3-2-10-22-14/h1,4,7,13-14,18H,2-3,5-6,8-12H2. The van der Waals surface area contributed by atoms with Gasteiger partial charge in [0.2, 0.25) is 0 Å². The molecule has 0 saturated carbocycles. The van der Waals surface area contributed by atoms with Crippen molar-refractivity contribution >= 4 is 22.9 Å². The molecule has 1 unspecified atom stereocenters. The molecule has 5 heteroatoms. The highest BCUT2D eigenvalue weighted by atomic mass is 32.2. The van der Waals surface area contributed by atoms with Crippen LogP contribution in [0.25, 0.3) is 11.2 Å². The second kappa shape index (κ2) is 6.59. The van der Waals surface area contributed by atoms with Gasteiger partial charge in [-0.25, -0.2) is 9.97 Å². The Balaban J connectivity index is 1.63. The van der Waals surface area contributed by atoms with Crippen molar-refractivity contribution < 1.29 is 0 Å². The summed E-state index contributed by atoms with van der Waals surface area (Å²) in [7, 11) is 0. The van der Waals surface area contributed by atoms with Crippen LogP contribution in [-0.2, 0) is 13.0 Å². The Morgan fingerprint density at radius 3 is 3.00 bits per heavy atom. The molecule has 1 N–H and O–H groups in total. The molecule has 118 valence electrons. The van der Waals surface area contributed by atoms with E-state index in [9.17, 15) is 0 Å². The summed E-state index contributed by atoms with van der Waals surface area (Å²) >= 11 is 2.12. The van der Waals surface area contributed by atoms with E-state index in [1.165, 1.54) is 37.3 Å². The number of hydrogen-bond donors (Lipinski definition) is 1. The molecule has 0 aromatic carbocycles. The first-order valence-corrected chi connectivity index (χ1v) is 9.57. The van der Waals surface area contributed by atoms with Crippen molar-refractivity contribution in [3.05, 3.63) is 24.2 Å². The van der Waals surface area contributed by atoms with Gasteiger partial charge in [-0.2, -0.15) is 11.8 Å². The maximum Gasteiger partial charge on any atom is 0.159 e. The monoisotopic (exact) mass is 316 g/mol. The molecule has 2 aliphatic heterocycles. The van der Waals surface area contributed by atoms with Crippen LogP contribution in [0.4, 0.5) is 0 Å². The summed E-state index contributed by atoms with van der Waals surface area (Å²) in [5.74, 6) is 3.33.